The monoisotopic (exact) mass is 341 g/mol. The number of carbonyl (C=O) groups is 2. The quantitative estimate of drug-likeness (QED) is 0.894. The molecule has 3 atom stereocenters. The summed E-state index contributed by atoms with van der Waals surface area (Å²) >= 11 is 0. The predicted octanol–water partition coefficient (Wildman–Crippen LogP) is 1.89. The van der Waals surface area contributed by atoms with Crippen molar-refractivity contribution in [1.82, 2.24) is 15.1 Å². The molecule has 3 aliphatic rings. The van der Waals surface area contributed by atoms with Gasteiger partial charge in [-0.1, -0.05) is 31.0 Å². The molecule has 4 rings (SSSR count). The Bertz CT molecular complexity index is 611. The lowest BCUT2D eigenvalue weighted by Crippen LogP contribution is -2.54. The molecule has 1 aromatic rings. The van der Waals surface area contributed by atoms with Crippen LogP contribution in [0.4, 0.5) is 0 Å². The minimum atomic E-state index is -0.00975. The summed E-state index contributed by atoms with van der Waals surface area (Å²) in [5.41, 5.74) is 0.726. The van der Waals surface area contributed by atoms with E-state index in [1.165, 1.54) is 25.7 Å². The number of benzene rings is 1. The van der Waals surface area contributed by atoms with Crippen molar-refractivity contribution in [2.75, 3.05) is 26.2 Å². The zero-order chi connectivity index (χ0) is 17.2. The number of piperazine rings is 1. The molecule has 5 heteroatoms. The van der Waals surface area contributed by atoms with Crippen LogP contribution in [0.15, 0.2) is 30.3 Å². The standard InChI is InChI=1S/C20H27N3O2/c24-19(15-6-2-1-3-7-15)22-10-12-23(13-11-22)20(25)18-14-16-8-4-5-9-17(16)21-18/h1-3,6-7,16-18,21H,4-5,8-14H2. The molecule has 1 N–H and O–H groups in total. The van der Waals surface area contributed by atoms with Gasteiger partial charge in [-0.3, -0.25) is 9.59 Å². The Hall–Kier alpha value is -1.88. The van der Waals surface area contributed by atoms with Gasteiger partial charge in [0.25, 0.3) is 5.91 Å². The molecule has 0 radical (unpaired) electrons. The molecule has 25 heavy (non-hydrogen) atoms. The molecule has 0 spiro atoms. The van der Waals surface area contributed by atoms with Gasteiger partial charge in [0, 0.05) is 37.8 Å². The summed E-state index contributed by atoms with van der Waals surface area (Å²) in [6.07, 6.45) is 6.07. The Balaban J connectivity index is 1.31. The molecule has 2 aliphatic heterocycles. The average molecular weight is 341 g/mol. The van der Waals surface area contributed by atoms with Gasteiger partial charge in [0.15, 0.2) is 0 Å². The van der Waals surface area contributed by atoms with Crippen molar-refractivity contribution in [2.24, 2.45) is 5.92 Å². The Morgan fingerprint density at radius 3 is 2.32 bits per heavy atom. The van der Waals surface area contributed by atoms with Crippen molar-refractivity contribution in [3.05, 3.63) is 35.9 Å². The lowest BCUT2D eigenvalue weighted by atomic mass is 9.85. The Labute approximate surface area is 149 Å². The van der Waals surface area contributed by atoms with Gasteiger partial charge in [0.2, 0.25) is 5.91 Å². The summed E-state index contributed by atoms with van der Waals surface area (Å²) in [4.78, 5) is 29.2. The zero-order valence-electron chi connectivity index (χ0n) is 14.7. The third-order valence-electron chi connectivity index (χ3n) is 6.06. The average Bonchev–Trinajstić information content (AvgIpc) is 3.12. The van der Waals surface area contributed by atoms with E-state index in [2.05, 4.69) is 5.32 Å². The minimum absolute atomic E-state index is 0.00975. The summed E-state index contributed by atoms with van der Waals surface area (Å²) in [7, 11) is 0. The van der Waals surface area contributed by atoms with Crippen LogP contribution in [0.2, 0.25) is 0 Å². The Morgan fingerprint density at radius 2 is 1.60 bits per heavy atom. The number of amides is 2. The van der Waals surface area contributed by atoms with Crippen molar-refractivity contribution in [1.29, 1.82) is 0 Å². The fourth-order valence-corrected chi connectivity index (χ4v) is 4.62. The predicted molar refractivity (Wildman–Crippen MR) is 96.2 cm³/mol. The molecule has 2 heterocycles. The highest BCUT2D eigenvalue weighted by molar-refractivity contribution is 5.94. The van der Waals surface area contributed by atoms with Gasteiger partial charge < -0.3 is 15.1 Å². The van der Waals surface area contributed by atoms with Crippen molar-refractivity contribution in [3.8, 4) is 0 Å². The van der Waals surface area contributed by atoms with Crippen LogP contribution in [0.5, 0.6) is 0 Å². The lowest BCUT2D eigenvalue weighted by Gasteiger charge is -2.36. The first-order valence-electron chi connectivity index (χ1n) is 9.61. The molecule has 134 valence electrons. The van der Waals surface area contributed by atoms with E-state index in [0.29, 0.717) is 38.1 Å². The molecular weight excluding hydrogens is 314 g/mol. The second-order valence-electron chi connectivity index (χ2n) is 7.59. The van der Waals surface area contributed by atoms with Crippen LogP contribution in [0.3, 0.4) is 0 Å². The summed E-state index contributed by atoms with van der Waals surface area (Å²) in [5, 5.41) is 3.58. The number of hydrogen-bond acceptors (Lipinski definition) is 3. The molecule has 0 aromatic heterocycles. The van der Waals surface area contributed by atoms with Crippen LogP contribution in [0.25, 0.3) is 0 Å². The van der Waals surface area contributed by atoms with Crippen LogP contribution in [-0.4, -0.2) is 59.9 Å². The topological polar surface area (TPSA) is 52.7 Å². The SMILES string of the molecule is O=C(c1ccccc1)N1CCN(C(=O)C2CC3CCCCC3N2)CC1. The molecule has 0 bridgehead atoms. The first-order valence-corrected chi connectivity index (χ1v) is 9.61. The molecule has 3 fully saturated rings. The highest BCUT2D eigenvalue weighted by atomic mass is 16.2. The molecular formula is C20H27N3O2. The maximum absolute atomic E-state index is 12.9. The van der Waals surface area contributed by atoms with Gasteiger partial charge in [-0.05, 0) is 37.3 Å². The summed E-state index contributed by atoms with van der Waals surface area (Å²) in [6, 6.07) is 9.93. The van der Waals surface area contributed by atoms with Gasteiger partial charge in [-0.25, -0.2) is 0 Å². The number of carbonyl (C=O) groups excluding carboxylic acids is 2. The summed E-state index contributed by atoms with van der Waals surface area (Å²) in [6.45, 7) is 2.54. The third-order valence-corrected chi connectivity index (χ3v) is 6.06. The van der Waals surface area contributed by atoms with Crippen molar-refractivity contribution in [2.45, 2.75) is 44.2 Å². The Morgan fingerprint density at radius 1 is 0.920 bits per heavy atom. The first kappa shape index (κ1) is 16.6. The van der Waals surface area contributed by atoms with Crippen LogP contribution < -0.4 is 5.32 Å². The zero-order valence-corrected chi connectivity index (χ0v) is 14.7. The van der Waals surface area contributed by atoms with E-state index < -0.39 is 0 Å². The van der Waals surface area contributed by atoms with Crippen molar-refractivity contribution >= 4 is 11.8 Å². The maximum atomic E-state index is 12.9. The smallest absolute Gasteiger partial charge is 0.253 e. The minimum Gasteiger partial charge on any atom is -0.338 e. The number of hydrogen-bond donors (Lipinski definition) is 1. The molecule has 1 aromatic carbocycles. The van der Waals surface area contributed by atoms with E-state index in [-0.39, 0.29) is 17.9 Å². The van der Waals surface area contributed by atoms with E-state index in [0.717, 1.165) is 12.0 Å². The molecule has 1 saturated carbocycles. The van der Waals surface area contributed by atoms with Crippen LogP contribution in [0.1, 0.15) is 42.5 Å². The molecule has 2 saturated heterocycles. The van der Waals surface area contributed by atoms with E-state index in [1.807, 2.05) is 40.1 Å². The van der Waals surface area contributed by atoms with Crippen molar-refractivity contribution in [3.63, 3.8) is 0 Å². The summed E-state index contributed by atoms with van der Waals surface area (Å²) in [5.74, 6) is 0.988. The van der Waals surface area contributed by atoms with E-state index in [1.54, 1.807) is 0 Å². The van der Waals surface area contributed by atoms with Gasteiger partial charge in [-0.15, -0.1) is 0 Å². The molecule has 5 nitrogen and oxygen atoms in total. The van der Waals surface area contributed by atoms with Crippen LogP contribution >= 0.6 is 0 Å². The number of nitrogens with one attached hydrogen (secondary N) is 1. The van der Waals surface area contributed by atoms with Crippen LogP contribution in [-0.2, 0) is 4.79 Å². The van der Waals surface area contributed by atoms with Gasteiger partial charge in [-0.2, -0.15) is 0 Å². The van der Waals surface area contributed by atoms with E-state index >= 15 is 0 Å². The number of fused-ring (bicyclic) bond motifs is 1. The van der Waals surface area contributed by atoms with Crippen molar-refractivity contribution < 1.29 is 9.59 Å². The summed E-state index contributed by atoms with van der Waals surface area (Å²) < 4.78 is 0. The van der Waals surface area contributed by atoms with E-state index in [9.17, 15) is 9.59 Å². The fourth-order valence-electron chi connectivity index (χ4n) is 4.62. The highest BCUT2D eigenvalue weighted by Crippen LogP contribution is 2.33. The van der Waals surface area contributed by atoms with Crippen LogP contribution in [0, 0.1) is 5.92 Å². The van der Waals surface area contributed by atoms with E-state index in [4.69, 9.17) is 0 Å². The largest absolute Gasteiger partial charge is 0.338 e. The molecule has 1 aliphatic carbocycles. The Kier molecular flexibility index (Phi) is 4.75. The lowest BCUT2D eigenvalue weighted by molar-refractivity contribution is -0.134. The normalized spacial score (nSPS) is 29.4. The van der Waals surface area contributed by atoms with Gasteiger partial charge in [0.05, 0.1) is 6.04 Å². The number of rotatable bonds is 2. The van der Waals surface area contributed by atoms with Gasteiger partial charge in [0.1, 0.15) is 0 Å². The molecule has 3 unspecified atom stereocenters. The third kappa shape index (κ3) is 3.43. The van der Waals surface area contributed by atoms with Gasteiger partial charge >= 0.3 is 0 Å². The highest BCUT2D eigenvalue weighted by Gasteiger charge is 2.40. The fraction of sp³-hybridized carbons (Fsp3) is 0.600. The maximum Gasteiger partial charge on any atom is 0.253 e. The first-order chi connectivity index (χ1) is 12.2. The number of nitrogens with zero attached hydrogens (tertiary/aromatic N) is 2. The second kappa shape index (κ2) is 7.16. The second-order valence-corrected chi connectivity index (χ2v) is 7.59. The molecule has 2 amide bonds.